The average Bonchev–Trinajstić information content (AvgIpc) is 2.95. The maximum absolute atomic E-state index is 12.7. The lowest BCUT2D eigenvalue weighted by Crippen LogP contribution is -2.40. The van der Waals surface area contributed by atoms with E-state index in [4.69, 9.17) is 4.74 Å². The molecular weight excluding hydrogens is 270 g/mol. The lowest BCUT2D eigenvalue weighted by atomic mass is 9.99. The van der Waals surface area contributed by atoms with E-state index in [0.29, 0.717) is 24.3 Å². The summed E-state index contributed by atoms with van der Waals surface area (Å²) in [6.45, 7) is 4.57. The van der Waals surface area contributed by atoms with E-state index < -0.39 is 12.0 Å². The first kappa shape index (κ1) is 15.4. The summed E-state index contributed by atoms with van der Waals surface area (Å²) >= 11 is 0. The third-order valence-electron chi connectivity index (χ3n) is 3.92. The normalized spacial score (nSPS) is 18.1. The molecule has 0 bridgehead atoms. The first-order chi connectivity index (χ1) is 9.95. The predicted octanol–water partition coefficient (Wildman–Crippen LogP) is 2.51. The molecular formula is C16H21NO4. The van der Waals surface area contributed by atoms with E-state index in [9.17, 15) is 14.7 Å². The number of carbonyl (C=O) groups is 2. The topological polar surface area (TPSA) is 66.8 Å². The highest BCUT2D eigenvalue weighted by atomic mass is 16.5. The zero-order chi connectivity index (χ0) is 15.6. The minimum absolute atomic E-state index is 0.265. The molecule has 1 fully saturated rings. The van der Waals surface area contributed by atoms with Crippen LogP contribution < -0.4 is 4.74 Å². The van der Waals surface area contributed by atoms with Gasteiger partial charge in [-0.1, -0.05) is 19.9 Å². The van der Waals surface area contributed by atoms with Crippen molar-refractivity contribution in [1.29, 1.82) is 0 Å². The van der Waals surface area contributed by atoms with Crippen molar-refractivity contribution in [2.45, 2.75) is 38.6 Å². The maximum Gasteiger partial charge on any atom is 0.326 e. The molecule has 2 rings (SSSR count). The van der Waals surface area contributed by atoms with E-state index in [-0.39, 0.29) is 11.8 Å². The van der Waals surface area contributed by atoms with E-state index >= 15 is 0 Å². The van der Waals surface area contributed by atoms with Crippen LogP contribution in [0.25, 0.3) is 0 Å². The molecule has 1 aromatic carbocycles. The number of carboxylic acid groups (broad SMARTS) is 1. The van der Waals surface area contributed by atoms with Crippen LogP contribution in [0, 0.1) is 0 Å². The van der Waals surface area contributed by atoms with Crippen molar-refractivity contribution in [3.8, 4) is 5.75 Å². The van der Waals surface area contributed by atoms with Gasteiger partial charge in [0.15, 0.2) is 0 Å². The number of rotatable bonds is 4. The van der Waals surface area contributed by atoms with Gasteiger partial charge in [0.2, 0.25) is 0 Å². The number of carbonyl (C=O) groups excluding carboxylic acids is 1. The van der Waals surface area contributed by atoms with E-state index in [1.54, 1.807) is 6.07 Å². The van der Waals surface area contributed by atoms with Crippen molar-refractivity contribution in [2.24, 2.45) is 0 Å². The van der Waals surface area contributed by atoms with Crippen LogP contribution in [0.5, 0.6) is 5.75 Å². The summed E-state index contributed by atoms with van der Waals surface area (Å²) in [5.74, 6) is -0.434. The minimum Gasteiger partial charge on any atom is -0.496 e. The molecule has 1 N–H and O–H groups in total. The van der Waals surface area contributed by atoms with Crippen molar-refractivity contribution in [3.05, 3.63) is 29.3 Å². The SMILES string of the molecule is COc1ccc(C(C)C)cc1C(=O)N1CCCC1C(=O)O. The number of hydrogen-bond acceptors (Lipinski definition) is 3. The Morgan fingerprint density at radius 1 is 1.38 bits per heavy atom. The van der Waals surface area contributed by atoms with Gasteiger partial charge in [0.1, 0.15) is 11.8 Å². The van der Waals surface area contributed by atoms with Gasteiger partial charge < -0.3 is 14.7 Å². The number of amides is 1. The Morgan fingerprint density at radius 2 is 2.10 bits per heavy atom. The van der Waals surface area contributed by atoms with Crippen molar-refractivity contribution >= 4 is 11.9 Å². The van der Waals surface area contributed by atoms with Gasteiger partial charge in [0.05, 0.1) is 12.7 Å². The average molecular weight is 291 g/mol. The number of nitrogens with zero attached hydrogens (tertiary/aromatic N) is 1. The van der Waals surface area contributed by atoms with E-state index in [1.807, 2.05) is 26.0 Å². The zero-order valence-electron chi connectivity index (χ0n) is 12.6. The molecule has 21 heavy (non-hydrogen) atoms. The number of hydrogen-bond donors (Lipinski definition) is 1. The number of likely N-dealkylation sites (tertiary alicyclic amines) is 1. The third-order valence-corrected chi connectivity index (χ3v) is 3.92. The molecule has 0 aliphatic carbocycles. The van der Waals surface area contributed by atoms with Gasteiger partial charge in [-0.15, -0.1) is 0 Å². The van der Waals surface area contributed by atoms with Crippen LogP contribution in [-0.4, -0.2) is 41.6 Å². The highest BCUT2D eigenvalue weighted by Gasteiger charge is 2.35. The first-order valence-electron chi connectivity index (χ1n) is 7.17. The van der Waals surface area contributed by atoms with Crippen LogP contribution >= 0.6 is 0 Å². The van der Waals surface area contributed by atoms with Crippen LogP contribution in [0.1, 0.15) is 48.5 Å². The lowest BCUT2D eigenvalue weighted by molar-refractivity contribution is -0.141. The Morgan fingerprint density at radius 3 is 2.67 bits per heavy atom. The van der Waals surface area contributed by atoms with Gasteiger partial charge in [-0.2, -0.15) is 0 Å². The molecule has 1 aliphatic heterocycles. The lowest BCUT2D eigenvalue weighted by Gasteiger charge is -2.23. The van der Waals surface area contributed by atoms with Crippen LogP contribution in [0.4, 0.5) is 0 Å². The Kier molecular flexibility index (Phi) is 4.50. The summed E-state index contributed by atoms with van der Waals surface area (Å²) in [5.41, 5.74) is 1.47. The molecule has 0 aromatic heterocycles. The van der Waals surface area contributed by atoms with Gasteiger partial charge in [-0.25, -0.2) is 4.79 Å². The Hall–Kier alpha value is -2.04. The van der Waals surface area contributed by atoms with E-state index in [1.165, 1.54) is 12.0 Å². The van der Waals surface area contributed by atoms with Crippen molar-refractivity contribution in [2.75, 3.05) is 13.7 Å². The molecule has 5 heteroatoms. The molecule has 1 amide bonds. The fourth-order valence-corrected chi connectivity index (χ4v) is 2.67. The van der Waals surface area contributed by atoms with Gasteiger partial charge in [0.25, 0.3) is 5.91 Å². The van der Waals surface area contributed by atoms with Gasteiger partial charge in [-0.05, 0) is 36.5 Å². The maximum atomic E-state index is 12.7. The monoisotopic (exact) mass is 291 g/mol. The molecule has 1 heterocycles. The third kappa shape index (κ3) is 3.01. The standard InChI is InChI=1S/C16H21NO4/c1-10(2)11-6-7-14(21-3)12(9-11)15(18)17-8-4-5-13(17)16(19)20/h6-7,9-10,13H,4-5,8H2,1-3H3,(H,19,20). The highest BCUT2D eigenvalue weighted by Crippen LogP contribution is 2.28. The van der Waals surface area contributed by atoms with Crippen LogP contribution in [0.15, 0.2) is 18.2 Å². The Balaban J connectivity index is 2.37. The van der Waals surface area contributed by atoms with Crippen molar-refractivity contribution < 1.29 is 19.4 Å². The summed E-state index contributed by atoms with van der Waals surface area (Å²) < 4.78 is 5.26. The second-order valence-electron chi connectivity index (χ2n) is 5.61. The molecule has 0 radical (unpaired) electrons. The van der Waals surface area contributed by atoms with E-state index in [2.05, 4.69) is 0 Å². The summed E-state index contributed by atoms with van der Waals surface area (Å²) in [5, 5.41) is 9.22. The molecule has 0 saturated carbocycles. The molecule has 1 saturated heterocycles. The molecule has 114 valence electrons. The summed E-state index contributed by atoms with van der Waals surface area (Å²) in [4.78, 5) is 25.4. The second-order valence-corrected chi connectivity index (χ2v) is 5.61. The fourth-order valence-electron chi connectivity index (χ4n) is 2.67. The predicted molar refractivity (Wildman–Crippen MR) is 78.8 cm³/mol. The Labute approximate surface area is 124 Å². The summed E-state index contributed by atoms with van der Waals surface area (Å²) in [6.07, 6.45) is 1.22. The summed E-state index contributed by atoms with van der Waals surface area (Å²) in [6, 6.07) is 4.78. The number of benzene rings is 1. The smallest absolute Gasteiger partial charge is 0.326 e. The molecule has 5 nitrogen and oxygen atoms in total. The van der Waals surface area contributed by atoms with Gasteiger partial charge >= 0.3 is 5.97 Å². The van der Waals surface area contributed by atoms with Gasteiger partial charge in [0, 0.05) is 6.54 Å². The van der Waals surface area contributed by atoms with Crippen molar-refractivity contribution in [3.63, 3.8) is 0 Å². The number of methoxy groups -OCH3 is 1. The molecule has 1 unspecified atom stereocenters. The van der Waals surface area contributed by atoms with Crippen LogP contribution in [0.3, 0.4) is 0 Å². The minimum atomic E-state index is -0.945. The molecule has 1 aliphatic rings. The summed E-state index contributed by atoms with van der Waals surface area (Å²) in [7, 11) is 1.51. The van der Waals surface area contributed by atoms with Gasteiger partial charge in [-0.3, -0.25) is 4.79 Å². The number of carboxylic acids is 1. The molecule has 1 aromatic rings. The molecule has 0 spiro atoms. The zero-order valence-corrected chi connectivity index (χ0v) is 12.6. The molecule has 1 atom stereocenters. The first-order valence-corrected chi connectivity index (χ1v) is 7.17. The Bertz CT molecular complexity index is 553. The highest BCUT2D eigenvalue weighted by molar-refractivity contribution is 5.99. The number of aliphatic carboxylic acids is 1. The number of ether oxygens (including phenoxy) is 1. The van der Waals surface area contributed by atoms with E-state index in [0.717, 1.165) is 12.0 Å². The van der Waals surface area contributed by atoms with Crippen molar-refractivity contribution in [1.82, 2.24) is 4.90 Å². The van der Waals surface area contributed by atoms with Crippen LogP contribution in [-0.2, 0) is 4.79 Å². The largest absolute Gasteiger partial charge is 0.496 e. The van der Waals surface area contributed by atoms with Crippen LogP contribution in [0.2, 0.25) is 0 Å². The second kappa shape index (κ2) is 6.16. The fraction of sp³-hybridized carbons (Fsp3) is 0.500. The quantitative estimate of drug-likeness (QED) is 0.925.